The molecule has 0 saturated carbocycles. The van der Waals surface area contributed by atoms with E-state index in [1.165, 1.54) is 22.9 Å². The van der Waals surface area contributed by atoms with Gasteiger partial charge >= 0.3 is 12.1 Å². The zero-order valence-electron chi connectivity index (χ0n) is 13.0. The van der Waals surface area contributed by atoms with Crippen molar-refractivity contribution < 1.29 is 17.7 Å². The molecule has 1 aromatic carbocycles. The van der Waals surface area contributed by atoms with Crippen molar-refractivity contribution in [2.45, 2.75) is 12.7 Å². The Kier molecular flexibility index (Phi) is 3.60. The lowest BCUT2D eigenvalue weighted by atomic mass is 10.1. The minimum atomic E-state index is -4.73. The molecule has 4 rings (SSSR count). The number of aromatic amines is 1. The first kappa shape index (κ1) is 16.1. The molecule has 0 bridgehead atoms. The molecule has 0 amide bonds. The van der Waals surface area contributed by atoms with Crippen LogP contribution in [-0.2, 0) is 12.7 Å². The summed E-state index contributed by atoms with van der Waals surface area (Å²) in [5, 5.41) is 11.0. The maximum absolute atomic E-state index is 12.5. The Balaban J connectivity index is 1.61. The van der Waals surface area contributed by atoms with Gasteiger partial charge in [-0.2, -0.15) is 23.3 Å². The van der Waals surface area contributed by atoms with Crippen LogP contribution in [0.15, 0.2) is 52.0 Å². The Hall–Kier alpha value is -3.43. The molecule has 1 N–H and O–H groups in total. The van der Waals surface area contributed by atoms with Crippen LogP contribution in [-0.4, -0.2) is 24.9 Å². The van der Waals surface area contributed by atoms with Crippen molar-refractivity contribution in [1.29, 1.82) is 0 Å². The van der Waals surface area contributed by atoms with E-state index in [1.54, 1.807) is 6.20 Å². The van der Waals surface area contributed by atoms with Crippen LogP contribution in [0.4, 0.5) is 13.2 Å². The molecule has 0 unspecified atom stereocenters. The number of alkyl halides is 3. The predicted octanol–water partition coefficient (Wildman–Crippen LogP) is 2.84. The van der Waals surface area contributed by atoms with Crippen LogP contribution in [0.5, 0.6) is 0 Å². The van der Waals surface area contributed by atoms with Crippen LogP contribution in [0.2, 0.25) is 0 Å². The fourth-order valence-electron chi connectivity index (χ4n) is 2.52. The highest BCUT2D eigenvalue weighted by Gasteiger charge is 2.38. The van der Waals surface area contributed by atoms with Gasteiger partial charge in [-0.15, -0.1) is 0 Å². The monoisotopic (exact) mass is 361 g/mol. The summed E-state index contributed by atoms with van der Waals surface area (Å²) >= 11 is 0. The van der Waals surface area contributed by atoms with Gasteiger partial charge in [-0.3, -0.25) is 9.89 Å². The first-order valence-corrected chi connectivity index (χ1v) is 7.44. The van der Waals surface area contributed by atoms with Crippen molar-refractivity contribution >= 4 is 10.9 Å². The van der Waals surface area contributed by atoms with Gasteiger partial charge in [0.25, 0.3) is 5.56 Å². The highest BCUT2D eigenvalue weighted by atomic mass is 19.4. The van der Waals surface area contributed by atoms with Crippen LogP contribution >= 0.6 is 0 Å². The molecule has 3 aromatic heterocycles. The molecule has 3 heterocycles. The van der Waals surface area contributed by atoms with Gasteiger partial charge in [-0.1, -0.05) is 11.2 Å². The van der Waals surface area contributed by atoms with E-state index in [0.29, 0.717) is 6.54 Å². The van der Waals surface area contributed by atoms with E-state index < -0.39 is 17.6 Å². The lowest BCUT2D eigenvalue weighted by molar-refractivity contribution is -0.159. The number of aromatic nitrogens is 5. The second kappa shape index (κ2) is 5.83. The summed E-state index contributed by atoms with van der Waals surface area (Å²) in [5.41, 5.74) is 1.52. The minimum absolute atomic E-state index is 0.149. The fourth-order valence-corrected chi connectivity index (χ4v) is 2.52. The van der Waals surface area contributed by atoms with Gasteiger partial charge in [0.1, 0.15) is 0 Å². The largest absolute Gasteiger partial charge is 0.471 e. The molecule has 0 aliphatic carbocycles. The SMILES string of the molecule is O=c1cc(-c2noc(C(F)(F)F)n2)ccn1Cc1ccc2[nH]ncc2c1. The first-order valence-electron chi connectivity index (χ1n) is 7.44. The average Bonchev–Trinajstić information content (AvgIpc) is 3.24. The van der Waals surface area contributed by atoms with E-state index in [9.17, 15) is 18.0 Å². The summed E-state index contributed by atoms with van der Waals surface area (Å²) in [6.07, 6.45) is -1.58. The van der Waals surface area contributed by atoms with Crippen molar-refractivity contribution in [2.24, 2.45) is 0 Å². The van der Waals surface area contributed by atoms with Gasteiger partial charge in [0.05, 0.1) is 18.3 Å². The quantitative estimate of drug-likeness (QED) is 0.606. The van der Waals surface area contributed by atoms with E-state index in [1.807, 2.05) is 18.2 Å². The number of nitrogens with zero attached hydrogens (tertiary/aromatic N) is 4. The average molecular weight is 361 g/mol. The Morgan fingerprint density at radius 1 is 1.19 bits per heavy atom. The van der Waals surface area contributed by atoms with Crippen LogP contribution in [0, 0.1) is 0 Å². The molecule has 0 aliphatic heterocycles. The lowest BCUT2D eigenvalue weighted by Gasteiger charge is -2.06. The van der Waals surface area contributed by atoms with Crippen molar-refractivity contribution in [3.63, 3.8) is 0 Å². The van der Waals surface area contributed by atoms with Gasteiger partial charge in [-0.25, -0.2) is 0 Å². The first-order chi connectivity index (χ1) is 12.4. The van der Waals surface area contributed by atoms with E-state index in [0.717, 1.165) is 16.5 Å². The molecule has 4 aromatic rings. The molecule has 0 spiro atoms. The summed E-state index contributed by atoms with van der Waals surface area (Å²) in [6.45, 7) is 0.306. The lowest BCUT2D eigenvalue weighted by Crippen LogP contribution is -2.19. The molecule has 132 valence electrons. The minimum Gasteiger partial charge on any atom is -0.329 e. The third-order valence-electron chi connectivity index (χ3n) is 3.78. The molecule has 10 heteroatoms. The van der Waals surface area contributed by atoms with Crippen molar-refractivity contribution in [2.75, 3.05) is 0 Å². The summed E-state index contributed by atoms with van der Waals surface area (Å²) in [4.78, 5) is 15.5. The number of fused-ring (bicyclic) bond motifs is 1. The number of rotatable bonds is 3. The normalized spacial score (nSPS) is 12.0. The van der Waals surface area contributed by atoms with Gasteiger partial charge < -0.3 is 9.09 Å². The Bertz CT molecular complexity index is 1140. The van der Waals surface area contributed by atoms with Crippen molar-refractivity contribution in [3.8, 4) is 11.4 Å². The predicted molar refractivity (Wildman–Crippen MR) is 84.2 cm³/mol. The van der Waals surface area contributed by atoms with Crippen molar-refractivity contribution in [3.05, 3.63) is 64.5 Å². The highest BCUT2D eigenvalue weighted by Crippen LogP contribution is 2.29. The molecule has 26 heavy (non-hydrogen) atoms. The van der Waals surface area contributed by atoms with Gasteiger partial charge in [-0.05, 0) is 23.8 Å². The standard InChI is InChI=1S/C16H10F3N5O2/c17-16(18,19)15-21-14(23-26-15)10-3-4-24(13(25)6-10)8-9-1-2-12-11(5-9)7-20-22-12/h1-7H,8H2,(H,20,22). The Labute approximate surface area is 143 Å². The number of H-pyrrole nitrogens is 1. The van der Waals surface area contributed by atoms with Gasteiger partial charge in [0.2, 0.25) is 5.82 Å². The van der Waals surface area contributed by atoms with Gasteiger partial charge in [0.15, 0.2) is 0 Å². The number of nitrogens with one attached hydrogen (secondary N) is 1. The highest BCUT2D eigenvalue weighted by molar-refractivity contribution is 5.78. The summed E-state index contributed by atoms with van der Waals surface area (Å²) in [6, 6.07) is 8.24. The third kappa shape index (κ3) is 2.96. The fraction of sp³-hybridized carbons (Fsp3) is 0.125. The molecule has 0 atom stereocenters. The number of pyridine rings is 1. The van der Waals surface area contributed by atoms with E-state index in [4.69, 9.17) is 0 Å². The van der Waals surface area contributed by atoms with E-state index in [-0.39, 0.29) is 11.4 Å². The number of hydrogen-bond donors (Lipinski definition) is 1. The molecular weight excluding hydrogens is 351 g/mol. The maximum Gasteiger partial charge on any atom is 0.471 e. The van der Waals surface area contributed by atoms with Crippen molar-refractivity contribution in [1.82, 2.24) is 24.9 Å². The summed E-state index contributed by atoms with van der Waals surface area (Å²) in [7, 11) is 0. The summed E-state index contributed by atoms with van der Waals surface area (Å²) in [5.74, 6) is -1.74. The van der Waals surface area contributed by atoms with Crippen LogP contribution in [0.1, 0.15) is 11.5 Å². The van der Waals surface area contributed by atoms with E-state index >= 15 is 0 Å². The van der Waals surface area contributed by atoms with Crippen LogP contribution in [0.3, 0.4) is 0 Å². The summed E-state index contributed by atoms with van der Waals surface area (Å²) < 4.78 is 43.2. The number of halogens is 3. The Morgan fingerprint density at radius 2 is 2.04 bits per heavy atom. The molecule has 0 fully saturated rings. The molecule has 7 nitrogen and oxygen atoms in total. The van der Waals surface area contributed by atoms with Crippen LogP contribution in [0.25, 0.3) is 22.3 Å². The number of benzene rings is 1. The smallest absolute Gasteiger partial charge is 0.329 e. The zero-order valence-corrected chi connectivity index (χ0v) is 13.0. The van der Waals surface area contributed by atoms with Crippen LogP contribution < -0.4 is 5.56 Å². The van der Waals surface area contributed by atoms with E-state index in [2.05, 4.69) is 24.9 Å². The maximum atomic E-state index is 12.5. The van der Waals surface area contributed by atoms with Gasteiger partial charge in [0, 0.05) is 23.2 Å². The molecule has 0 radical (unpaired) electrons. The topological polar surface area (TPSA) is 89.6 Å². The molecule has 0 aliphatic rings. The zero-order chi connectivity index (χ0) is 18.3. The molecular formula is C16H10F3N5O2. The Morgan fingerprint density at radius 3 is 2.77 bits per heavy atom. The number of hydrogen-bond acceptors (Lipinski definition) is 5. The second-order valence-electron chi connectivity index (χ2n) is 5.59. The molecule has 0 saturated heterocycles. The second-order valence-corrected chi connectivity index (χ2v) is 5.59. The third-order valence-corrected chi connectivity index (χ3v) is 3.78.